The molecular weight excluding hydrogens is 450 g/mol. The monoisotopic (exact) mass is 487 g/mol. The van der Waals surface area contributed by atoms with Gasteiger partial charge in [0.1, 0.15) is 0 Å². The van der Waals surface area contributed by atoms with E-state index in [1.165, 1.54) is 11.1 Å². The van der Waals surface area contributed by atoms with Crippen LogP contribution in [-0.2, 0) is 0 Å². The first-order valence-corrected chi connectivity index (χ1v) is 12.1. The Balaban J connectivity index is 0.000000509. The van der Waals surface area contributed by atoms with E-state index >= 15 is 0 Å². The molecule has 6 nitrogen and oxygen atoms in total. The lowest BCUT2D eigenvalue weighted by Crippen LogP contribution is -2.11. The SMILES string of the molecule is C=CCNCC=C.COc1ccc(C2CCC(c3cc(OC)c(OC)c(OC)c3)S2)cc1OC. The third kappa shape index (κ3) is 7.11. The van der Waals surface area contributed by atoms with Gasteiger partial charge in [0.05, 0.1) is 35.5 Å². The standard InChI is InChI=1S/C21H26O5S.C6H11N/c1-22-15-7-6-13(10-16(15)23-2)19-8-9-20(27-19)14-11-17(24-3)21(26-5)18(12-14)25-4;1-3-5-7-6-4-2/h6-7,10-12,19-20H,8-9H2,1-5H3;3-4,7H,1-2,5-6H2. The second-order valence-corrected chi connectivity index (χ2v) is 8.91. The Morgan fingerprint density at radius 3 is 1.71 bits per heavy atom. The van der Waals surface area contributed by atoms with Crippen molar-refractivity contribution in [2.45, 2.75) is 23.3 Å². The molecule has 1 aliphatic rings. The quantitative estimate of drug-likeness (QED) is 0.309. The van der Waals surface area contributed by atoms with Crippen molar-refractivity contribution in [3.63, 3.8) is 0 Å². The molecule has 2 aromatic carbocycles. The van der Waals surface area contributed by atoms with Gasteiger partial charge in [-0.05, 0) is 48.2 Å². The number of benzene rings is 2. The van der Waals surface area contributed by atoms with Crippen LogP contribution in [0, 0.1) is 0 Å². The maximum absolute atomic E-state index is 5.50. The van der Waals surface area contributed by atoms with Gasteiger partial charge in [0.2, 0.25) is 5.75 Å². The first-order chi connectivity index (χ1) is 16.6. The number of methoxy groups -OCH3 is 5. The normalized spacial score (nSPS) is 16.6. The molecule has 2 aromatic rings. The highest BCUT2D eigenvalue weighted by atomic mass is 32.2. The highest BCUT2D eigenvalue weighted by Crippen LogP contribution is 2.55. The zero-order valence-electron chi connectivity index (χ0n) is 20.9. The van der Waals surface area contributed by atoms with Gasteiger partial charge in [-0.25, -0.2) is 0 Å². The lowest BCUT2D eigenvalue weighted by molar-refractivity contribution is 0.323. The van der Waals surface area contributed by atoms with Crippen LogP contribution in [0.1, 0.15) is 34.5 Å². The Kier molecular flexibility index (Phi) is 11.7. The van der Waals surface area contributed by atoms with E-state index in [0.29, 0.717) is 27.7 Å². The van der Waals surface area contributed by atoms with E-state index in [-0.39, 0.29) is 0 Å². The fraction of sp³-hybridized carbons (Fsp3) is 0.407. The van der Waals surface area contributed by atoms with Crippen molar-refractivity contribution in [3.05, 3.63) is 66.8 Å². The summed E-state index contributed by atoms with van der Waals surface area (Å²) in [6.45, 7) is 8.81. The van der Waals surface area contributed by atoms with Gasteiger partial charge in [-0.3, -0.25) is 0 Å². The molecule has 0 radical (unpaired) electrons. The van der Waals surface area contributed by atoms with Gasteiger partial charge in [0.25, 0.3) is 0 Å². The predicted octanol–water partition coefficient (Wildman–Crippen LogP) is 5.99. The van der Waals surface area contributed by atoms with E-state index in [1.807, 2.05) is 30.0 Å². The second kappa shape index (κ2) is 14.5. The summed E-state index contributed by atoms with van der Waals surface area (Å²) in [7, 11) is 8.24. The molecule has 34 heavy (non-hydrogen) atoms. The van der Waals surface area contributed by atoms with Gasteiger partial charge < -0.3 is 29.0 Å². The van der Waals surface area contributed by atoms with Crippen LogP contribution < -0.4 is 29.0 Å². The third-order valence-electron chi connectivity index (χ3n) is 5.44. The molecule has 7 heteroatoms. The highest BCUT2D eigenvalue weighted by molar-refractivity contribution is 8.00. The van der Waals surface area contributed by atoms with Crippen LogP contribution in [0.15, 0.2) is 55.6 Å². The molecule has 1 N–H and O–H groups in total. The fourth-order valence-electron chi connectivity index (χ4n) is 3.76. The Bertz CT molecular complexity index is 900. The maximum Gasteiger partial charge on any atom is 0.203 e. The molecule has 1 fully saturated rings. The van der Waals surface area contributed by atoms with Gasteiger partial charge in [-0.15, -0.1) is 24.9 Å². The van der Waals surface area contributed by atoms with E-state index in [1.54, 1.807) is 35.5 Å². The van der Waals surface area contributed by atoms with Gasteiger partial charge in [-0.1, -0.05) is 18.2 Å². The van der Waals surface area contributed by atoms with E-state index in [0.717, 1.165) is 37.4 Å². The number of hydrogen-bond donors (Lipinski definition) is 1. The molecule has 0 aromatic heterocycles. The van der Waals surface area contributed by atoms with Crippen LogP contribution in [0.25, 0.3) is 0 Å². The molecule has 2 atom stereocenters. The van der Waals surface area contributed by atoms with Crippen molar-refractivity contribution in [1.82, 2.24) is 5.32 Å². The predicted molar refractivity (Wildman–Crippen MR) is 141 cm³/mol. The van der Waals surface area contributed by atoms with Crippen LogP contribution in [0.5, 0.6) is 28.7 Å². The molecule has 3 rings (SSSR count). The van der Waals surface area contributed by atoms with Crippen molar-refractivity contribution in [2.24, 2.45) is 0 Å². The minimum absolute atomic E-state index is 0.372. The summed E-state index contributed by atoms with van der Waals surface area (Å²) in [4.78, 5) is 0. The molecular formula is C27H37NO5S. The van der Waals surface area contributed by atoms with Gasteiger partial charge in [0.15, 0.2) is 23.0 Å². The molecule has 0 spiro atoms. The van der Waals surface area contributed by atoms with Crippen LogP contribution in [0.4, 0.5) is 0 Å². The maximum atomic E-state index is 5.50. The molecule has 0 bridgehead atoms. The van der Waals surface area contributed by atoms with E-state index < -0.39 is 0 Å². The Morgan fingerprint density at radius 2 is 1.24 bits per heavy atom. The third-order valence-corrected chi connectivity index (χ3v) is 7.11. The zero-order valence-corrected chi connectivity index (χ0v) is 21.7. The minimum atomic E-state index is 0.372. The lowest BCUT2D eigenvalue weighted by atomic mass is 10.0. The number of hydrogen-bond acceptors (Lipinski definition) is 7. The van der Waals surface area contributed by atoms with Crippen molar-refractivity contribution >= 4 is 11.8 Å². The highest BCUT2D eigenvalue weighted by Gasteiger charge is 2.30. The molecule has 186 valence electrons. The van der Waals surface area contributed by atoms with Crippen molar-refractivity contribution in [3.8, 4) is 28.7 Å². The van der Waals surface area contributed by atoms with Gasteiger partial charge in [-0.2, -0.15) is 0 Å². The molecule has 0 aliphatic carbocycles. The summed E-state index contributed by atoms with van der Waals surface area (Å²) in [5.74, 6) is 3.55. The number of thioether (sulfide) groups is 1. The van der Waals surface area contributed by atoms with E-state index in [2.05, 4.69) is 42.7 Å². The molecule has 0 amide bonds. The van der Waals surface area contributed by atoms with E-state index in [4.69, 9.17) is 23.7 Å². The van der Waals surface area contributed by atoms with Crippen molar-refractivity contribution in [2.75, 3.05) is 48.6 Å². The number of nitrogens with one attached hydrogen (secondary N) is 1. The van der Waals surface area contributed by atoms with Crippen molar-refractivity contribution < 1.29 is 23.7 Å². The second-order valence-electron chi connectivity index (χ2n) is 7.50. The van der Waals surface area contributed by atoms with Gasteiger partial charge in [0, 0.05) is 23.6 Å². The number of rotatable bonds is 11. The molecule has 0 saturated carbocycles. The summed E-state index contributed by atoms with van der Waals surface area (Å²) < 4.78 is 27.2. The van der Waals surface area contributed by atoms with Crippen LogP contribution in [-0.4, -0.2) is 48.6 Å². The Morgan fingerprint density at radius 1 is 0.735 bits per heavy atom. The summed E-state index contributed by atoms with van der Waals surface area (Å²) in [6, 6.07) is 10.3. The summed E-state index contributed by atoms with van der Waals surface area (Å²) in [5.41, 5.74) is 2.45. The smallest absolute Gasteiger partial charge is 0.203 e. The number of ether oxygens (including phenoxy) is 5. The first kappa shape index (κ1) is 27.5. The molecule has 1 saturated heterocycles. The van der Waals surface area contributed by atoms with Gasteiger partial charge >= 0.3 is 0 Å². The largest absolute Gasteiger partial charge is 0.493 e. The van der Waals surface area contributed by atoms with Crippen LogP contribution in [0.3, 0.4) is 0 Å². The summed E-state index contributed by atoms with van der Waals surface area (Å²) >= 11 is 1.95. The first-order valence-electron chi connectivity index (χ1n) is 11.2. The summed E-state index contributed by atoms with van der Waals surface area (Å²) in [5, 5.41) is 3.83. The zero-order chi connectivity index (χ0) is 24.9. The fourth-order valence-corrected chi connectivity index (χ4v) is 5.29. The Hall–Kier alpha value is -2.77. The molecule has 1 aliphatic heterocycles. The van der Waals surface area contributed by atoms with E-state index in [9.17, 15) is 0 Å². The van der Waals surface area contributed by atoms with Crippen LogP contribution >= 0.6 is 11.8 Å². The molecule has 1 heterocycles. The topological polar surface area (TPSA) is 58.2 Å². The average Bonchev–Trinajstić information content (AvgIpc) is 3.38. The average molecular weight is 488 g/mol. The lowest BCUT2D eigenvalue weighted by Gasteiger charge is -2.18. The van der Waals surface area contributed by atoms with Crippen LogP contribution in [0.2, 0.25) is 0 Å². The summed E-state index contributed by atoms with van der Waals surface area (Å²) in [6.07, 6.45) is 5.83. The minimum Gasteiger partial charge on any atom is -0.493 e. The molecule has 2 unspecified atom stereocenters. The van der Waals surface area contributed by atoms with Crippen molar-refractivity contribution in [1.29, 1.82) is 0 Å². The Labute approximate surface area is 208 Å².